The second-order valence-electron chi connectivity index (χ2n) is 4.45. The highest BCUT2D eigenvalue weighted by molar-refractivity contribution is 5.81. The molecule has 0 unspecified atom stereocenters. The number of Topliss-reactive ketones (excluding diaryl/α,β-unsaturated/α-hetero) is 1. The Kier molecular flexibility index (Phi) is 9.25. The van der Waals surface area contributed by atoms with Crippen LogP contribution in [0.3, 0.4) is 0 Å². The molecule has 0 aliphatic carbocycles. The molecule has 0 spiro atoms. The van der Waals surface area contributed by atoms with E-state index in [0.29, 0.717) is 10.0 Å². The Morgan fingerprint density at radius 2 is 1.48 bits per heavy atom. The second kappa shape index (κ2) is 10.7. The highest BCUT2D eigenvalue weighted by Crippen LogP contribution is 2.00. The van der Waals surface area contributed by atoms with Crippen molar-refractivity contribution in [3.05, 3.63) is 25.2 Å². The van der Waals surface area contributed by atoms with Crippen molar-refractivity contribution in [3.8, 4) is 0 Å². The van der Waals surface area contributed by atoms with Crippen molar-refractivity contribution in [1.29, 1.82) is 5.39 Å². The highest BCUT2D eigenvalue weighted by Gasteiger charge is 2.21. The normalized spacial score (nSPS) is 9.70. The van der Waals surface area contributed by atoms with Crippen LogP contribution in [0.4, 0.5) is 0 Å². The summed E-state index contributed by atoms with van der Waals surface area (Å²) >= 11 is 0. The van der Waals surface area contributed by atoms with Crippen LogP contribution >= 0.6 is 0 Å². The van der Waals surface area contributed by atoms with Crippen LogP contribution < -0.4 is 5.11 Å². The van der Waals surface area contributed by atoms with Gasteiger partial charge in [0.1, 0.15) is 18.1 Å². The molecule has 0 aromatic carbocycles. The van der Waals surface area contributed by atoms with Gasteiger partial charge >= 0.3 is 6.54 Å². The molecule has 13 heteroatoms. The van der Waals surface area contributed by atoms with Crippen LogP contribution in [0.5, 0.6) is 0 Å². The number of diazo groups is 1. The van der Waals surface area contributed by atoms with Crippen molar-refractivity contribution in [3.63, 3.8) is 0 Å². The Hall–Kier alpha value is -3.04. The first-order valence-corrected chi connectivity index (χ1v) is 6.58. The number of ketones is 1. The van der Waals surface area contributed by atoms with Crippen molar-refractivity contribution < 1.29 is 24.8 Å². The predicted molar refractivity (Wildman–Crippen MR) is 71.0 cm³/mol. The van der Waals surface area contributed by atoms with Gasteiger partial charge in [-0.2, -0.15) is 0 Å². The fourth-order valence-corrected chi connectivity index (χ4v) is 1.62. The Morgan fingerprint density at radius 3 is 1.91 bits per heavy atom. The van der Waals surface area contributed by atoms with E-state index in [1.54, 1.807) is 0 Å². The number of nitrogens with zero attached hydrogens (tertiary/aromatic N) is 6. The number of carboxylic acids is 1. The van der Waals surface area contributed by atoms with Gasteiger partial charge in [-0.3, -0.25) is 4.79 Å². The molecule has 0 saturated carbocycles. The Morgan fingerprint density at radius 1 is 0.957 bits per heavy atom. The minimum absolute atomic E-state index is 0.0297. The van der Waals surface area contributed by atoms with Crippen molar-refractivity contribution in [1.82, 2.24) is 10.0 Å². The fourth-order valence-electron chi connectivity index (χ4n) is 1.62. The third-order valence-electron chi connectivity index (χ3n) is 2.77. The van der Waals surface area contributed by atoms with Gasteiger partial charge in [0.25, 0.3) is 0 Å². The quantitative estimate of drug-likeness (QED) is 0.215. The average molecular weight is 332 g/mol. The van der Waals surface area contributed by atoms with Gasteiger partial charge in [-0.15, -0.1) is 10.0 Å². The molecule has 0 aliphatic heterocycles. The molecule has 0 aromatic heterocycles. The third kappa shape index (κ3) is 9.50. The number of carboxylic acid groups (broad SMARTS) is 1. The SMILES string of the molecule is N#[N+]CC(=O)CCCN(CCN(CCC(=O)[O-])[N+](=O)[O-])[N+](=O)[O-]. The Bertz CT molecular complexity index is 491. The molecule has 0 amide bonds. The monoisotopic (exact) mass is 332 g/mol. The summed E-state index contributed by atoms with van der Waals surface area (Å²) < 4.78 is 0. The van der Waals surface area contributed by atoms with E-state index in [1.807, 2.05) is 0 Å². The molecule has 128 valence electrons. The molecule has 0 fully saturated rings. The minimum atomic E-state index is -1.46. The molecular weight excluding hydrogens is 316 g/mol. The molecule has 0 bridgehead atoms. The molecular formula is C10H16N6O7. The van der Waals surface area contributed by atoms with Gasteiger partial charge in [0, 0.05) is 18.8 Å². The molecule has 0 saturated heterocycles. The van der Waals surface area contributed by atoms with Gasteiger partial charge in [-0.1, -0.05) is 0 Å². The third-order valence-corrected chi connectivity index (χ3v) is 2.77. The average Bonchev–Trinajstić information content (AvgIpc) is 2.44. The largest absolute Gasteiger partial charge is 0.550 e. The Labute approximate surface area is 130 Å². The van der Waals surface area contributed by atoms with E-state index < -0.39 is 41.3 Å². The molecule has 0 rings (SSSR count). The number of aliphatic carboxylic acids is 1. The summed E-state index contributed by atoms with van der Waals surface area (Å²) in [5.74, 6) is -1.85. The fraction of sp³-hybridized carbons (Fsp3) is 0.800. The van der Waals surface area contributed by atoms with E-state index in [9.17, 15) is 34.9 Å². The van der Waals surface area contributed by atoms with Crippen LogP contribution in [0, 0.1) is 25.6 Å². The predicted octanol–water partition coefficient (Wildman–Crippen LogP) is -1.68. The number of carbonyl (C=O) groups excluding carboxylic acids is 2. The van der Waals surface area contributed by atoms with Gasteiger partial charge in [-0.05, 0) is 6.42 Å². The number of rotatable bonds is 13. The Balaban J connectivity index is 4.37. The van der Waals surface area contributed by atoms with Crippen LogP contribution in [-0.2, 0) is 9.59 Å². The molecule has 23 heavy (non-hydrogen) atoms. The highest BCUT2D eigenvalue weighted by atomic mass is 16.7. The van der Waals surface area contributed by atoms with Crippen molar-refractivity contribution >= 4 is 11.8 Å². The van der Waals surface area contributed by atoms with Crippen LogP contribution in [0.1, 0.15) is 19.3 Å². The van der Waals surface area contributed by atoms with Crippen LogP contribution in [0.15, 0.2) is 0 Å². The number of hydrogen-bond acceptors (Lipinski definition) is 8. The standard InChI is InChI=1S/C10H16N6O7/c11-12-8-9(17)2-1-4-13(15(20)21)6-7-14(16(22)23)5-3-10(18)19/h1-8H2. The lowest BCUT2D eigenvalue weighted by Crippen LogP contribution is -2.42. The lowest BCUT2D eigenvalue weighted by molar-refractivity contribution is -0.673. The first-order chi connectivity index (χ1) is 10.8. The molecule has 0 heterocycles. The van der Waals surface area contributed by atoms with Crippen molar-refractivity contribution in [2.75, 3.05) is 32.7 Å². The summed E-state index contributed by atoms with van der Waals surface area (Å²) in [6, 6.07) is 0. The van der Waals surface area contributed by atoms with E-state index in [1.165, 1.54) is 0 Å². The molecule has 0 radical (unpaired) electrons. The molecule has 13 nitrogen and oxygen atoms in total. The number of carbonyl (C=O) groups is 2. The van der Waals surface area contributed by atoms with E-state index >= 15 is 0 Å². The van der Waals surface area contributed by atoms with Gasteiger partial charge in [0.15, 0.2) is 10.1 Å². The summed E-state index contributed by atoms with van der Waals surface area (Å²) in [4.78, 5) is 45.6. The summed E-state index contributed by atoms with van der Waals surface area (Å²) in [5, 5.41) is 39.7. The molecule has 0 aromatic rings. The van der Waals surface area contributed by atoms with E-state index in [0.717, 1.165) is 0 Å². The maximum Gasteiger partial charge on any atom is 0.362 e. The zero-order valence-electron chi connectivity index (χ0n) is 12.2. The maximum absolute atomic E-state index is 11.1. The molecule has 0 aliphatic rings. The maximum atomic E-state index is 11.1. The van der Waals surface area contributed by atoms with Gasteiger partial charge in [0.05, 0.1) is 13.1 Å². The lowest BCUT2D eigenvalue weighted by Gasteiger charge is -2.18. The summed E-state index contributed by atoms with van der Waals surface area (Å²) in [6.07, 6.45) is -0.483. The van der Waals surface area contributed by atoms with Gasteiger partial charge in [0.2, 0.25) is 11.2 Å². The first kappa shape index (κ1) is 20.0. The topological polar surface area (TPSA) is 178 Å². The van der Waals surface area contributed by atoms with Crippen LogP contribution in [0.25, 0.3) is 4.98 Å². The van der Waals surface area contributed by atoms with Crippen molar-refractivity contribution in [2.24, 2.45) is 0 Å². The number of nitro groups is 2. The summed E-state index contributed by atoms with van der Waals surface area (Å²) in [5.41, 5.74) is 0. The van der Waals surface area contributed by atoms with Crippen molar-refractivity contribution in [2.45, 2.75) is 19.3 Å². The minimum Gasteiger partial charge on any atom is -0.550 e. The zero-order chi connectivity index (χ0) is 17.8. The molecule has 0 atom stereocenters. The van der Waals surface area contributed by atoms with E-state index in [4.69, 9.17) is 5.39 Å². The van der Waals surface area contributed by atoms with E-state index in [-0.39, 0.29) is 32.5 Å². The van der Waals surface area contributed by atoms with Gasteiger partial charge < -0.3 is 9.90 Å². The summed E-state index contributed by atoms with van der Waals surface area (Å²) in [7, 11) is 0. The van der Waals surface area contributed by atoms with Crippen LogP contribution in [0.2, 0.25) is 0 Å². The first-order valence-electron chi connectivity index (χ1n) is 6.58. The summed E-state index contributed by atoms with van der Waals surface area (Å²) in [6.45, 7) is -1.63. The lowest BCUT2D eigenvalue weighted by atomic mass is 10.2. The second-order valence-corrected chi connectivity index (χ2v) is 4.45. The smallest absolute Gasteiger partial charge is 0.362 e. The number of hydrogen-bond donors (Lipinski definition) is 0. The van der Waals surface area contributed by atoms with Crippen LogP contribution in [-0.4, -0.2) is 64.6 Å². The molecule has 0 N–H and O–H groups in total. The zero-order valence-corrected chi connectivity index (χ0v) is 12.2. The van der Waals surface area contributed by atoms with E-state index in [2.05, 4.69) is 4.98 Å². The number of hydrazine groups is 2. The van der Waals surface area contributed by atoms with Gasteiger partial charge in [-0.25, -0.2) is 20.2 Å².